The lowest BCUT2D eigenvalue weighted by Crippen LogP contribution is -2.24. The van der Waals surface area contributed by atoms with Gasteiger partial charge in [-0.3, -0.25) is 9.59 Å². The molecule has 0 spiro atoms. The molecule has 0 aliphatic heterocycles. The minimum absolute atomic E-state index is 0.0704. The van der Waals surface area contributed by atoms with Crippen molar-refractivity contribution in [1.29, 1.82) is 0 Å². The number of methoxy groups -OCH3 is 1. The predicted molar refractivity (Wildman–Crippen MR) is 110 cm³/mol. The second-order valence-electron chi connectivity index (χ2n) is 6.87. The summed E-state index contributed by atoms with van der Waals surface area (Å²) in [6.07, 6.45) is 6.93. The van der Waals surface area contributed by atoms with Gasteiger partial charge >= 0.3 is 0 Å². The first-order valence-electron chi connectivity index (χ1n) is 9.54. The molecule has 0 atom stereocenters. The Morgan fingerprint density at radius 1 is 1.00 bits per heavy atom. The number of ether oxygens (including phenoxy) is 1. The maximum atomic E-state index is 12.3. The lowest BCUT2D eigenvalue weighted by atomic mass is 9.88. The molecule has 6 heteroatoms. The number of nitrogens with zero attached hydrogens (tertiary/aromatic N) is 1. The van der Waals surface area contributed by atoms with Gasteiger partial charge in [0.2, 0.25) is 5.91 Å². The lowest BCUT2D eigenvalue weighted by Gasteiger charge is -2.20. The Morgan fingerprint density at radius 3 is 2.32 bits per heavy atom. The quantitative estimate of drug-likeness (QED) is 0.588. The number of carbonyl (C=O) groups is 2. The Balaban J connectivity index is 1.51. The Bertz CT molecular complexity index is 823. The molecule has 0 saturated heterocycles. The highest BCUT2D eigenvalue weighted by Gasteiger charge is 2.21. The van der Waals surface area contributed by atoms with Gasteiger partial charge < -0.3 is 10.1 Å². The average molecular weight is 379 g/mol. The summed E-state index contributed by atoms with van der Waals surface area (Å²) in [6, 6.07) is 14.2. The summed E-state index contributed by atoms with van der Waals surface area (Å²) in [5, 5.41) is 6.91. The third kappa shape index (κ3) is 5.42. The molecular weight excluding hydrogens is 354 g/mol. The van der Waals surface area contributed by atoms with Gasteiger partial charge in [0.15, 0.2) is 0 Å². The number of hydrazone groups is 1. The molecule has 1 fully saturated rings. The monoisotopic (exact) mass is 379 g/mol. The van der Waals surface area contributed by atoms with Crippen LogP contribution in [-0.2, 0) is 4.79 Å². The van der Waals surface area contributed by atoms with Crippen molar-refractivity contribution in [3.63, 3.8) is 0 Å². The van der Waals surface area contributed by atoms with Gasteiger partial charge in [0.1, 0.15) is 5.75 Å². The largest absolute Gasteiger partial charge is 0.497 e. The molecule has 1 aliphatic carbocycles. The molecule has 0 radical (unpaired) electrons. The van der Waals surface area contributed by atoms with Crippen LogP contribution in [0.3, 0.4) is 0 Å². The van der Waals surface area contributed by atoms with Crippen LogP contribution >= 0.6 is 0 Å². The van der Waals surface area contributed by atoms with Gasteiger partial charge in [-0.15, -0.1) is 0 Å². The van der Waals surface area contributed by atoms with Gasteiger partial charge in [-0.25, -0.2) is 5.43 Å². The zero-order chi connectivity index (χ0) is 19.8. The number of carbonyl (C=O) groups excluding carboxylic acids is 2. The van der Waals surface area contributed by atoms with Crippen LogP contribution in [0.2, 0.25) is 0 Å². The van der Waals surface area contributed by atoms with Crippen molar-refractivity contribution in [1.82, 2.24) is 5.43 Å². The van der Waals surface area contributed by atoms with Gasteiger partial charge in [0.25, 0.3) is 5.91 Å². The number of nitrogens with one attached hydrogen (secondary N) is 2. The molecular formula is C22H25N3O3. The highest BCUT2D eigenvalue weighted by Crippen LogP contribution is 2.25. The Labute approximate surface area is 165 Å². The molecule has 0 unspecified atom stereocenters. The molecule has 2 aromatic rings. The fraction of sp³-hybridized carbons (Fsp3) is 0.318. The summed E-state index contributed by atoms with van der Waals surface area (Å²) in [5.74, 6) is 0.622. The van der Waals surface area contributed by atoms with E-state index in [9.17, 15) is 9.59 Å². The van der Waals surface area contributed by atoms with Crippen LogP contribution in [0.25, 0.3) is 0 Å². The molecule has 2 amide bonds. The molecule has 6 nitrogen and oxygen atoms in total. The fourth-order valence-electron chi connectivity index (χ4n) is 3.23. The van der Waals surface area contributed by atoms with E-state index in [-0.39, 0.29) is 17.7 Å². The number of benzene rings is 2. The lowest BCUT2D eigenvalue weighted by molar-refractivity contribution is -0.120. The molecule has 1 aliphatic rings. The second kappa shape index (κ2) is 9.69. The molecule has 2 N–H and O–H groups in total. The second-order valence-corrected chi connectivity index (χ2v) is 6.87. The number of hydrogen-bond acceptors (Lipinski definition) is 4. The summed E-state index contributed by atoms with van der Waals surface area (Å²) in [5.41, 5.74) is 4.53. The smallest absolute Gasteiger partial charge is 0.271 e. The third-order valence-electron chi connectivity index (χ3n) is 4.89. The van der Waals surface area contributed by atoms with E-state index in [0.717, 1.165) is 37.0 Å². The summed E-state index contributed by atoms with van der Waals surface area (Å²) in [7, 11) is 1.61. The highest BCUT2D eigenvalue weighted by atomic mass is 16.5. The Kier molecular flexibility index (Phi) is 6.78. The van der Waals surface area contributed by atoms with Crippen molar-refractivity contribution >= 4 is 23.7 Å². The summed E-state index contributed by atoms with van der Waals surface area (Å²) in [6.45, 7) is 0. The minimum Gasteiger partial charge on any atom is -0.497 e. The van der Waals surface area contributed by atoms with E-state index >= 15 is 0 Å². The van der Waals surface area contributed by atoms with Crippen LogP contribution < -0.4 is 15.5 Å². The van der Waals surface area contributed by atoms with E-state index in [0.29, 0.717) is 11.3 Å². The first-order valence-corrected chi connectivity index (χ1v) is 9.54. The summed E-state index contributed by atoms with van der Waals surface area (Å²) >= 11 is 0. The van der Waals surface area contributed by atoms with Crippen molar-refractivity contribution in [2.24, 2.45) is 11.0 Å². The maximum Gasteiger partial charge on any atom is 0.271 e. The van der Waals surface area contributed by atoms with Crippen molar-refractivity contribution < 1.29 is 14.3 Å². The number of anilines is 1. The van der Waals surface area contributed by atoms with Crippen LogP contribution in [0.1, 0.15) is 48.0 Å². The normalized spacial score (nSPS) is 14.6. The van der Waals surface area contributed by atoms with E-state index in [4.69, 9.17) is 4.74 Å². The molecule has 2 aromatic carbocycles. The molecule has 28 heavy (non-hydrogen) atoms. The molecule has 146 valence electrons. The van der Waals surface area contributed by atoms with Crippen LogP contribution in [-0.4, -0.2) is 25.1 Å². The molecule has 3 rings (SSSR count). The average Bonchev–Trinajstić information content (AvgIpc) is 2.75. The van der Waals surface area contributed by atoms with E-state index in [1.807, 2.05) is 24.3 Å². The standard InChI is InChI=1S/C22H25N3O3/c1-28-20-13-7-16(8-14-20)15-23-25-22(27)18-9-11-19(12-10-18)24-21(26)17-5-3-2-4-6-17/h7-15,17H,2-6H2,1H3,(H,24,26)(H,25,27). The van der Waals surface area contributed by atoms with Gasteiger partial charge in [-0.1, -0.05) is 19.3 Å². The Hall–Kier alpha value is -3.15. The molecule has 0 heterocycles. The van der Waals surface area contributed by atoms with Crippen molar-refractivity contribution in [2.45, 2.75) is 32.1 Å². The topological polar surface area (TPSA) is 79.8 Å². The number of hydrogen-bond donors (Lipinski definition) is 2. The SMILES string of the molecule is COc1ccc(C=NNC(=O)c2ccc(NC(=O)C3CCCCC3)cc2)cc1. The zero-order valence-corrected chi connectivity index (χ0v) is 16.0. The van der Waals surface area contributed by atoms with Crippen LogP contribution in [0.15, 0.2) is 53.6 Å². The van der Waals surface area contributed by atoms with Gasteiger partial charge in [-0.05, 0) is 66.9 Å². The predicted octanol–water partition coefficient (Wildman–Crippen LogP) is 3.98. The summed E-state index contributed by atoms with van der Waals surface area (Å²) in [4.78, 5) is 24.5. The van der Waals surface area contributed by atoms with E-state index < -0.39 is 0 Å². The van der Waals surface area contributed by atoms with Gasteiger partial charge in [0.05, 0.1) is 13.3 Å². The molecule has 0 bridgehead atoms. The van der Waals surface area contributed by atoms with Crippen molar-refractivity contribution in [3.8, 4) is 5.75 Å². The van der Waals surface area contributed by atoms with E-state index in [2.05, 4.69) is 15.8 Å². The van der Waals surface area contributed by atoms with Gasteiger partial charge in [0, 0.05) is 17.2 Å². The van der Waals surface area contributed by atoms with E-state index in [1.54, 1.807) is 37.6 Å². The van der Waals surface area contributed by atoms with Crippen molar-refractivity contribution in [2.75, 3.05) is 12.4 Å². The van der Waals surface area contributed by atoms with Crippen LogP contribution in [0, 0.1) is 5.92 Å². The highest BCUT2D eigenvalue weighted by molar-refractivity contribution is 5.96. The number of rotatable bonds is 6. The number of amides is 2. The first-order chi connectivity index (χ1) is 13.7. The Morgan fingerprint density at radius 2 is 1.68 bits per heavy atom. The van der Waals surface area contributed by atoms with Crippen LogP contribution in [0.4, 0.5) is 5.69 Å². The van der Waals surface area contributed by atoms with Crippen molar-refractivity contribution in [3.05, 3.63) is 59.7 Å². The first kappa shape index (κ1) is 19.6. The summed E-state index contributed by atoms with van der Waals surface area (Å²) < 4.78 is 5.10. The fourth-order valence-corrected chi connectivity index (χ4v) is 3.23. The molecule has 1 saturated carbocycles. The third-order valence-corrected chi connectivity index (χ3v) is 4.89. The van der Waals surface area contributed by atoms with Crippen LogP contribution in [0.5, 0.6) is 5.75 Å². The minimum atomic E-state index is -0.310. The van der Waals surface area contributed by atoms with E-state index in [1.165, 1.54) is 6.42 Å². The van der Waals surface area contributed by atoms with Gasteiger partial charge in [-0.2, -0.15) is 5.10 Å². The zero-order valence-electron chi connectivity index (χ0n) is 16.0. The molecule has 0 aromatic heterocycles. The maximum absolute atomic E-state index is 12.3.